The molecule has 1 atom stereocenters. The Kier molecular flexibility index (Phi) is 3.39. The van der Waals surface area contributed by atoms with Gasteiger partial charge in [0, 0.05) is 4.47 Å². The zero-order valence-electron chi connectivity index (χ0n) is 7.52. The summed E-state index contributed by atoms with van der Waals surface area (Å²) in [5, 5.41) is 9.46. The van der Waals surface area contributed by atoms with E-state index in [4.69, 9.17) is 0 Å². The molecule has 0 spiro atoms. The Morgan fingerprint density at radius 1 is 1.43 bits per heavy atom. The van der Waals surface area contributed by atoms with Crippen LogP contribution < -0.4 is 0 Å². The number of hydrogen-bond donors (Lipinski definition) is 1. The van der Waals surface area contributed by atoms with Gasteiger partial charge in [0.05, 0.1) is 5.56 Å². The van der Waals surface area contributed by atoms with Gasteiger partial charge in [-0.3, -0.25) is 0 Å². The molecule has 1 rings (SSSR count). The number of halogens is 3. The Balaban J connectivity index is 3.27. The van der Waals surface area contributed by atoms with Crippen LogP contribution in [0.5, 0.6) is 0 Å². The van der Waals surface area contributed by atoms with Crippen LogP contribution >= 0.6 is 15.9 Å². The van der Waals surface area contributed by atoms with E-state index < -0.39 is 17.7 Å². The van der Waals surface area contributed by atoms with Gasteiger partial charge in [0.1, 0.15) is 17.7 Å². The van der Waals surface area contributed by atoms with Crippen molar-refractivity contribution in [2.45, 2.75) is 13.0 Å². The van der Waals surface area contributed by atoms with Crippen LogP contribution in [0.3, 0.4) is 0 Å². The molecule has 0 heterocycles. The monoisotopic (exact) mass is 262 g/mol. The maximum Gasteiger partial charge on any atom is 0.133 e. The highest BCUT2D eigenvalue weighted by Gasteiger charge is 2.19. The maximum atomic E-state index is 13.3. The van der Waals surface area contributed by atoms with E-state index in [1.165, 1.54) is 6.92 Å². The van der Waals surface area contributed by atoms with Crippen LogP contribution in [-0.2, 0) is 0 Å². The van der Waals surface area contributed by atoms with E-state index in [1.54, 1.807) is 0 Å². The lowest BCUT2D eigenvalue weighted by atomic mass is 10.0. The van der Waals surface area contributed by atoms with Crippen molar-refractivity contribution in [3.8, 4) is 0 Å². The number of hydrogen-bond acceptors (Lipinski definition) is 1. The number of aliphatic hydroxyl groups excluding tert-OH is 1. The first-order valence-corrected chi connectivity index (χ1v) is 4.70. The highest BCUT2D eigenvalue weighted by Crippen LogP contribution is 2.28. The van der Waals surface area contributed by atoms with Gasteiger partial charge in [0.15, 0.2) is 0 Å². The first-order chi connectivity index (χ1) is 6.43. The molecule has 0 aromatic heterocycles. The molecule has 0 aliphatic heterocycles. The second-order valence-corrected chi connectivity index (χ2v) is 3.95. The predicted molar refractivity (Wildman–Crippen MR) is 53.8 cm³/mol. The average molecular weight is 263 g/mol. The summed E-state index contributed by atoms with van der Waals surface area (Å²) in [5.41, 5.74) is -0.0641. The van der Waals surface area contributed by atoms with Crippen LogP contribution in [0.25, 0.3) is 0 Å². The zero-order chi connectivity index (χ0) is 10.9. The van der Waals surface area contributed by atoms with Crippen molar-refractivity contribution in [1.82, 2.24) is 0 Å². The maximum absolute atomic E-state index is 13.3. The molecule has 1 aromatic rings. The van der Waals surface area contributed by atoms with Crippen molar-refractivity contribution in [3.05, 3.63) is 46.0 Å². The first kappa shape index (κ1) is 11.3. The van der Waals surface area contributed by atoms with Crippen molar-refractivity contribution in [2.24, 2.45) is 0 Å². The fourth-order valence-corrected chi connectivity index (χ4v) is 1.46. The lowest BCUT2D eigenvalue weighted by Gasteiger charge is -2.12. The van der Waals surface area contributed by atoms with E-state index in [0.717, 1.165) is 12.1 Å². The lowest BCUT2D eigenvalue weighted by molar-refractivity contribution is 0.205. The summed E-state index contributed by atoms with van der Waals surface area (Å²) < 4.78 is 26.8. The molecule has 1 unspecified atom stereocenters. The molecule has 76 valence electrons. The molecule has 4 heteroatoms. The average Bonchev–Trinajstić information content (AvgIpc) is 2.01. The Morgan fingerprint density at radius 2 is 1.86 bits per heavy atom. The van der Waals surface area contributed by atoms with E-state index in [1.807, 2.05) is 0 Å². The molecule has 0 saturated heterocycles. The number of rotatable bonds is 2. The fourth-order valence-electron chi connectivity index (χ4n) is 1.06. The smallest absolute Gasteiger partial charge is 0.133 e. The molecule has 0 radical (unpaired) electrons. The summed E-state index contributed by atoms with van der Waals surface area (Å²) >= 11 is 2.95. The number of benzene rings is 1. The molecule has 0 amide bonds. The molecule has 0 aliphatic carbocycles. The predicted octanol–water partition coefficient (Wildman–Crippen LogP) is 3.34. The molecule has 1 aromatic carbocycles. The van der Waals surface area contributed by atoms with Crippen molar-refractivity contribution < 1.29 is 13.9 Å². The van der Waals surface area contributed by atoms with Gasteiger partial charge in [-0.05, 0) is 24.6 Å². The molecular weight excluding hydrogens is 254 g/mol. The molecule has 0 aliphatic rings. The molecule has 0 bridgehead atoms. The van der Waals surface area contributed by atoms with Gasteiger partial charge in [-0.15, -0.1) is 0 Å². The molecule has 0 saturated carbocycles. The van der Waals surface area contributed by atoms with E-state index in [9.17, 15) is 13.9 Å². The first-order valence-electron chi connectivity index (χ1n) is 3.91. The molecule has 1 nitrogen and oxygen atoms in total. The van der Waals surface area contributed by atoms with Crippen LogP contribution in [0.4, 0.5) is 8.78 Å². The summed E-state index contributed by atoms with van der Waals surface area (Å²) in [6.07, 6.45) is -1.30. The van der Waals surface area contributed by atoms with Crippen molar-refractivity contribution in [3.63, 3.8) is 0 Å². The van der Waals surface area contributed by atoms with Crippen LogP contribution in [0.2, 0.25) is 0 Å². The van der Waals surface area contributed by atoms with Crippen molar-refractivity contribution >= 4 is 15.9 Å². The topological polar surface area (TPSA) is 20.2 Å². The van der Waals surface area contributed by atoms with Gasteiger partial charge >= 0.3 is 0 Å². The molecule has 1 N–H and O–H groups in total. The minimum Gasteiger partial charge on any atom is -0.384 e. The minimum atomic E-state index is -1.30. The standard InChI is InChI=1S/C10H9BrF2O/c1-5(2)10(14)9-7(12)3-6(11)4-8(9)13/h3-4,10,14H,1H2,2H3. The highest BCUT2D eigenvalue weighted by atomic mass is 79.9. The van der Waals surface area contributed by atoms with E-state index in [-0.39, 0.29) is 5.56 Å². The zero-order valence-corrected chi connectivity index (χ0v) is 9.11. The van der Waals surface area contributed by atoms with Crippen LogP contribution in [0, 0.1) is 11.6 Å². The lowest BCUT2D eigenvalue weighted by Crippen LogP contribution is -2.04. The van der Waals surface area contributed by atoms with Crippen LogP contribution in [0.15, 0.2) is 28.8 Å². The fraction of sp³-hybridized carbons (Fsp3) is 0.200. The molecule has 14 heavy (non-hydrogen) atoms. The summed E-state index contributed by atoms with van der Waals surface area (Å²) in [4.78, 5) is 0. The summed E-state index contributed by atoms with van der Waals surface area (Å²) in [7, 11) is 0. The van der Waals surface area contributed by atoms with Gasteiger partial charge in [-0.1, -0.05) is 22.5 Å². The van der Waals surface area contributed by atoms with Crippen molar-refractivity contribution in [2.75, 3.05) is 0 Å². The van der Waals surface area contributed by atoms with E-state index >= 15 is 0 Å². The third-order valence-electron chi connectivity index (χ3n) is 1.78. The van der Waals surface area contributed by atoms with Gasteiger partial charge < -0.3 is 5.11 Å². The summed E-state index contributed by atoms with van der Waals surface area (Å²) in [5.74, 6) is -1.57. The second kappa shape index (κ2) is 4.19. The SMILES string of the molecule is C=C(C)C(O)c1c(F)cc(Br)cc1F. The Hall–Kier alpha value is -0.740. The quantitative estimate of drug-likeness (QED) is 0.811. The van der Waals surface area contributed by atoms with Crippen LogP contribution in [-0.4, -0.2) is 5.11 Å². The van der Waals surface area contributed by atoms with Gasteiger partial charge in [-0.2, -0.15) is 0 Å². The Labute approximate surface area is 89.2 Å². The van der Waals surface area contributed by atoms with Gasteiger partial charge in [0.2, 0.25) is 0 Å². The van der Waals surface area contributed by atoms with Gasteiger partial charge in [0.25, 0.3) is 0 Å². The van der Waals surface area contributed by atoms with E-state index in [2.05, 4.69) is 22.5 Å². The van der Waals surface area contributed by atoms with E-state index in [0.29, 0.717) is 10.0 Å². The third-order valence-corrected chi connectivity index (χ3v) is 2.24. The second-order valence-electron chi connectivity index (χ2n) is 3.03. The normalized spacial score (nSPS) is 12.6. The molecular formula is C10H9BrF2O. The van der Waals surface area contributed by atoms with Crippen molar-refractivity contribution in [1.29, 1.82) is 0 Å². The summed E-state index contributed by atoms with van der Waals surface area (Å²) in [6, 6.07) is 2.20. The largest absolute Gasteiger partial charge is 0.384 e. The Bertz CT molecular complexity index is 353. The van der Waals surface area contributed by atoms with Crippen LogP contribution in [0.1, 0.15) is 18.6 Å². The molecule has 0 fully saturated rings. The highest BCUT2D eigenvalue weighted by molar-refractivity contribution is 9.10. The minimum absolute atomic E-state index is 0.296. The third kappa shape index (κ3) is 2.19. The number of aliphatic hydroxyl groups is 1. The summed E-state index contributed by atoms with van der Waals surface area (Å²) in [6.45, 7) is 4.95. The Morgan fingerprint density at radius 3 is 2.21 bits per heavy atom. The van der Waals surface area contributed by atoms with Gasteiger partial charge in [-0.25, -0.2) is 8.78 Å².